The number of halogens is 1. The van der Waals surface area contributed by atoms with Crippen molar-refractivity contribution in [3.8, 4) is 0 Å². The molecule has 0 fully saturated rings. The van der Waals surface area contributed by atoms with Crippen molar-refractivity contribution in [1.29, 1.82) is 0 Å². The molecular weight excluding hydrogens is 416 g/mol. The number of hydrogen-bond donors (Lipinski definition) is 1. The average molecular weight is 439 g/mol. The smallest absolute Gasteiger partial charge is 0.245 e. The van der Waals surface area contributed by atoms with E-state index in [2.05, 4.69) is 21.2 Å². The maximum Gasteiger partial charge on any atom is 0.245 e. The van der Waals surface area contributed by atoms with Crippen molar-refractivity contribution in [3.05, 3.63) is 58.1 Å². The van der Waals surface area contributed by atoms with Crippen LogP contribution in [0, 0.1) is 6.92 Å². The highest BCUT2D eigenvalue weighted by atomic mass is 79.9. The Labute approximate surface area is 163 Å². The second-order valence-corrected chi connectivity index (χ2v) is 9.25. The first kappa shape index (κ1) is 20.5. The van der Waals surface area contributed by atoms with E-state index in [1.807, 2.05) is 45.0 Å². The number of nitrogens with zero attached hydrogens (tertiary/aromatic N) is 1. The fraction of sp³-hybridized carbons (Fsp3) is 0.316. The Hall–Kier alpha value is -1.86. The van der Waals surface area contributed by atoms with Crippen LogP contribution in [-0.4, -0.2) is 27.1 Å². The topological polar surface area (TPSA) is 66.5 Å². The van der Waals surface area contributed by atoms with Crippen molar-refractivity contribution < 1.29 is 13.2 Å². The zero-order valence-corrected chi connectivity index (χ0v) is 17.7. The Kier molecular flexibility index (Phi) is 6.47. The van der Waals surface area contributed by atoms with Crippen LogP contribution in [0.15, 0.2) is 46.9 Å². The molecule has 1 N–H and O–H groups in total. The first-order chi connectivity index (χ1) is 12.1. The fourth-order valence-electron chi connectivity index (χ4n) is 2.62. The number of rotatable bonds is 6. The van der Waals surface area contributed by atoms with Gasteiger partial charge in [0.15, 0.2) is 0 Å². The maximum atomic E-state index is 12.5. The molecule has 0 saturated carbocycles. The van der Waals surface area contributed by atoms with Gasteiger partial charge < -0.3 is 5.32 Å². The molecule has 0 unspecified atom stereocenters. The van der Waals surface area contributed by atoms with E-state index in [4.69, 9.17) is 0 Å². The molecule has 0 spiro atoms. The first-order valence-electron chi connectivity index (χ1n) is 8.22. The quantitative estimate of drug-likeness (QED) is 0.731. The molecule has 2 aromatic carbocycles. The molecule has 0 radical (unpaired) electrons. The molecule has 0 saturated heterocycles. The van der Waals surface area contributed by atoms with E-state index in [1.54, 1.807) is 18.2 Å². The summed E-state index contributed by atoms with van der Waals surface area (Å²) in [6, 6.07) is 12.7. The Bertz CT molecular complexity index is 911. The Morgan fingerprint density at radius 2 is 1.85 bits per heavy atom. The summed E-state index contributed by atoms with van der Waals surface area (Å²) in [7, 11) is -3.60. The summed E-state index contributed by atoms with van der Waals surface area (Å²) in [5, 5.41) is 2.84. The van der Waals surface area contributed by atoms with Gasteiger partial charge in [0.05, 0.1) is 11.9 Å². The Balaban J connectivity index is 2.27. The number of amides is 1. The Morgan fingerprint density at radius 3 is 2.42 bits per heavy atom. The van der Waals surface area contributed by atoms with E-state index < -0.39 is 10.0 Å². The monoisotopic (exact) mass is 438 g/mol. The van der Waals surface area contributed by atoms with Gasteiger partial charge in [-0.05, 0) is 48.2 Å². The van der Waals surface area contributed by atoms with Crippen LogP contribution in [0.5, 0.6) is 0 Å². The van der Waals surface area contributed by atoms with Gasteiger partial charge in [0.1, 0.15) is 6.54 Å². The summed E-state index contributed by atoms with van der Waals surface area (Å²) in [6.07, 6.45) is 1.10. The SMILES string of the molecule is Cc1cc(N(CC(=O)Nc2ccccc2C(C)C)S(C)(=O)=O)ccc1Br. The van der Waals surface area contributed by atoms with Gasteiger partial charge in [0, 0.05) is 10.2 Å². The molecule has 1 amide bonds. The molecule has 2 rings (SSSR count). The number of sulfonamides is 1. The summed E-state index contributed by atoms with van der Waals surface area (Å²) < 4.78 is 26.4. The van der Waals surface area contributed by atoms with Gasteiger partial charge in [0.2, 0.25) is 15.9 Å². The normalized spacial score (nSPS) is 11.5. The van der Waals surface area contributed by atoms with Gasteiger partial charge >= 0.3 is 0 Å². The van der Waals surface area contributed by atoms with Crippen LogP contribution in [0.2, 0.25) is 0 Å². The highest BCUT2D eigenvalue weighted by Gasteiger charge is 2.22. The predicted molar refractivity (Wildman–Crippen MR) is 110 cm³/mol. The number of anilines is 2. The number of aryl methyl sites for hydroxylation is 1. The minimum atomic E-state index is -3.60. The molecule has 0 aliphatic rings. The Morgan fingerprint density at radius 1 is 1.19 bits per heavy atom. The number of hydrogen-bond acceptors (Lipinski definition) is 3. The molecule has 0 aliphatic heterocycles. The van der Waals surface area contributed by atoms with Crippen LogP contribution < -0.4 is 9.62 Å². The molecule has 26 heavy (non-hydrogen) atoms. The lowest BCUT2D eigenvalue weighted by Crippen LogP contribution is -2.37. The van der Waals surface area contributed by atoms with Crippen molar-refractivity contribution in [2.45, 2.75) is 26.7 Å². The summed E-state index contributed by atoms with van der Waals surface area (Å²) in [4.78, 5) is 12.5. The molecule has 2 aromatic rings. The molecule has 0 aliphatic carbocycles. The zero-order valence-electron chi connectivity index (χ0n) is 15.3. The van der Waals surface area contributed by atoms with Crippen molar-refractivity contribution in [2.75, 3.05) is 22.4 Å². The summed E-state index contributed by atoms with van der Waals surface area (Å²) >= 11 is 3.40. The standard InChI is InChI=1S/C19H23BrN2O3S/c1-13(2)16-7-5-6-8-18(16)21-19(23)12-22(26(4,24)25)15-9-10-17(20)14(3)11-15/h5-11,13H,12H2,1-4H3,(H,21,23). The molecule has 0 atom stereocenters. The van der Waals surface area contributed by atoms with Gasteiger partial charge in [-0.2, -0.15) is 0 Å². The minimum Gasteiger partial charge on any atom is -0.324 e. The lowest BCUT2D eigenvalue weighted by atomic mass is 10.0. The number of carbonyl (C=O) groups is 1. The van der Waals surface area contributed by atoms with Crippen LogP contribution in [0.3, 0.4) is 0 Å². The van der Waals surface area contributed by atoms with Crippen LogP contribution in [0.1, 0.15) is 30.9 Å². The van der Waals surface area contributed by atoms with Crippen LogP contribution in [0.25, 0.3) is 0 Å². The van der Waals surface area contributed by atoms with E-state index in [0.717, 1.165) is 26.2 Å². The van der Waals surface area contributed by atoms with E-state index in [-0.39, 0.29) is 18.4 Å². The number of benzene rings is 2. The van der Waals surface area contributed by atoms with Gasteiger partial charge in [-0.1, -0.05) is 48.0 Å². The molecule has 7 heteroatoms. The van der Waals surface area contributed by atoms with Gasteiger partial charge in [-0.3, -0.25) is 9.10 Å². The van der Waals surface area contributed by atoms with Crippen LogP contribution in [-0.2, 0) is 14.8 Å². The molecule has 0 heterocycles. The first-order valence-corrected chi connectivity index (χ1v) is 10.9. The van der Waals surface area contributed by atoms with E-state index in [1.165, 1.54) is 0 Å². The second kappa shape index (κ2) is 8.22. The average Bonchev–Trinajstić information content (AvgIpc) is 2.54. The van der Waals surface area contributed by atoms with Crippen molar-refractivity contribution in [1.82, 2.24) is 0 Å². The molecule has 0 bridgehead atoms. The van der Waals surface area contributed by atoms with E-state index >= 15 is 0 Å². The van der Waals surface area contributed by atoms with Gasteiger partial charge in [0.25, 0.3) is 0 Å². The van der Waals surface area contributed by atoms with Crippen molar-refractivity contribution in [2.24, 2.45) is 0 Å². The van der Waals surface area contributed by atoms with Crippen molar-refractivity contribution in [3.63, 3.8) is 0 Å². The van der Waals surface area contributed by atoms with E-state index in [0.29, 0.717) is 11.4 Å². The van der Waals surface area contributed by atoms with Crippen LogP contribution in [0.4, 0.5) is 11.4 Å². The number of nitrogens with one attached hydrogen (secondary N) is 1. The lowest BCUT2D eigenvalue weighted by molar-refractivity contribution is -0.114. The summed E-state index contributed by atoms with van der Waals surface area (Å²) in [6.45, 7) is 5.66. The molecule has 0 aromatic heterocycles. The van der Waals surface area contributed by atoms with Crippen LogP contribution >= 0.6 is 15.9 Å². The highest BCUT2D eigenvalue weighted by molar-refractivity contribution is 9.10. The molecule has 140 valence electrons. The lowest BCUT2D eigenvalue weighted by Gasteiger charge is -2.23. The summed E-state index contributed by atoms with van der Waals surface area (Å²) in [5.41, 5.74) is 3.06. The summed E-state index contributed by atoms with van der Waals surface area (Å²) in [5.74, 6) is -0.143. The molecule has 5 nitrogen and oxygen atoms in total. The zero-order chi connectivity index (χ0) is 19.5. The number of para-hydroxylation sites is 1. The largest absolute Gasteiger partial charge is 0.324 e. The predicted octanol–water partition coefficient (Wildman–Crippen LogP) is 4.29. The van der Waals surface area contributed by atoms with E-state index in [9.17, 15) is 13.2 Å². The third kappa shape index (κ3) is 5.08. The third-order valence-corrected chi connectivity index (χ3v) is 6.00. The molecular formula is C19H23BrN2O3S. The second-order valence-electron chi connectivity index (χ2n) is 6.49. The van der Waals surface area contributed by atoms with Gasteiger partial charge in [-0.25, -0.2) is 8.42 Å². The number of carbonyl (C=O) groups excluding carboxylic acids is 1. The van der Waals surface area contributed by atoms with Crippen molar-refractivity contribution >= 4 is 43.2 Å². The maximum absolute atomic E-state index is 12.5. The third-order valence-electron chi connectivity index (χ3n) is 3.97. The fourth-order valence-corrected chi connectivity index (χ4v) is 3.71. The van der Waals surface area contributed by atoms with Gasteiger partial charge in [-0.15, -0.1) is 0 Å². The highest BCUT2D eigenvalue weighted by Crippen LogP contribution is 2.26. The minimum absolute atomic E-state index is 0.242.